The van der Waals surface area contributed by atoms with Gasteiger partial charge in [-0.25, -0.2) is 9.37 Å². The maximum Gasteiger partial charge on any atom is 0.257 e. The van der Waals surface area contributed by atoms with Crippen LogP contribution in [0.3, 0.4) is 0 Å². The smallest absolute Gasteiger partial charge is 0.257 e. The molecule has 0 radical (unpaired) electrons. The predicted molar refractivity (Wildman–Crippen MR) is 93.3 cm³/mol. The molecule has 1 heterocycles. The highest BCUT2D eigenvalue weighted by Crippen LogP contribution is 2.21. The summed E-state index contributed by atoms with van der Waals surface area (Å²) in [6.07, 6.45) is 3.55. The molecule has 0 atom stereocenters. The lowest BCUT2D eigenvalue weighted by molar-refractivity contribution is 0.102. The molecule has 0 saturated heterocycles. The van der Waals surface area contributed by atoms with Crippen LogP contribution in [0.1, 0.15) is 16.2 Å². The summed E-state index contributed by atoms with van der Waals surface area (Å²) >= 11 is 5.89. The van der Waals surface area contributed by atoms with Crippen molar-refractivity contribution in [3.05, 3.63) is 77.1 Å². The zero-order valence-electron chi connectivity index (χ0n) is 13.4. The van der Waals surface area contributed by atoms with E-state index in [-0.39, 0.29) is 10.6 Å². The second-order valence-corrected chi connectivity index (χ2v) is 5.75. The van der Waals surface area contributed by atoms with Crippen LogP contribution >= 0.6 is 11.6 Å². The van der Waals surface area contributed by atoms with E-state index < -0.39 is 11.7 Å². The van der Waals surface area contributed by atoms with E-state index in [1.54, 1.807) is 30.5 Å². The number of aromatic nitrogens is 2. The molecule has 3 aromatic rings. The summed E-state index contributed by atoms with van der Waals surface area (Å²) in [6.45, 7) is 0.348. The van der Waals surface area contributed by atoms with Crippen LogP contribution in [0.2, 0.25) is 5.02 Å². The first-order valence-electron chi connectivity index (χ1n) is 7.48. The molecule has 3 rings (SSSR count). The van der Waals surface area contributed by atoms with Crippen molar-refractivity contribution in [1.29, 1.82) is 0 Å². The second kappa shape index (κ2) is 7.36. The van der Waals surface area contributed by atoms with Gasteiger partial charge in [-0.15, -0.1) is 0 Å². The summed E-state index contributed by atoms with van der Waals surface area (Å²) in [4.78, 5) is 16.4. The number of rotatable bonds is 5. The van der Waals surface area contributed by atoms with Crippen molar-refractivity contribution in [1.82, 2.24) is 9.55 Å². The number of aryl methyl sites for hydroxylation is 1. The zero-order valence-corrected chi connectivity index (χ0v) is 14.1. The third-order valence-corrected chi connectivity index (χ3v) is 3.89. The van der Waals surface area contributed by atoms with Crippen molar-refractivity contribution < 1.29 is 13.9 Å². The van der Waals surface area contributed by atoms with E-state index in [2.05, 4.69) is 10.3 Å². The molecule has 0 aliphatic rings. The Morgan fingerprint density at radius 1 is 1.28 bits per heavy atom. The first-order chi connectivity index (χ1) is 12.0. The van der Waals surface area contributed by atoms with E-state index in [0.29, 0.717) is 18.0 Å². The molecule has 0 spiro atoms. The number of benzene rings is 2. The minimum Gasteiger partial charge on any atom is -0.486 e. The van der Waals surface area contributed by atoms with Gasteiger partial charge in [-0.1, -0.05) is 11.6 Å². The number of nitrogens with zero attached hydrogens (tertiary/aromatic N) is 2. The number of anilines is 1. The highest BCUT2D eigenvalue weighted by atomic mass is 35.5. The monoisotopic (exact) mass is 359 g/mol. The Bertz CT molecular complexity index is 894. The van der Waals surface area contributed by atoms with E-state index >= 15 is 0 Å². The third kappa shape index (κ3) is 4.16. The quantitative estimate of drug-likeness (QED) is 0.747. The lowest BCUT2D eigenvalue weighted by atomic mass is 10.2. The fraction of sp³-hybridized carbons (Fsp3) is 0.111. The molecule has 5 nitrogen and oxygen atoms in total. The summed E-state index contributed by atoms with van der Waals surface area (Å²) in [6, 6.07) is 10.5. The molecular formula is C18H15ClFN3O2. The molecule has 0 saturated carbocycles. The molecule has 0 aliphatic carbocycles. The van der Waals surface area contributed by atoms with E-state index in [0.717, 1.165) is 11.9 Å². The van der Waals surface area contributed by atoms with Gasteiger partial charge in [0, 0.05) is 25.1 Å². The van der Waals surface area contributed by atoms with Crippen LogP contribution in [-0.4, -0.2) is 15.5 Å². The van der Waals surface area contributed by atoms with E-state index in [1.165, 1.54) is 12.1 Å². The van der Waals surface area contributed by atoms with Gasteiger partial charge in [-0.3, -0.25) is 4.79 Å². The maximum atomic E-state index is 13.0. The average molecular weight is 360 g/mol. The Labute approximate surface area is 149 Å². The number of hydrogen-bond donors (Lipinski definition) is 1. The van der Waals surface area contributed by atoms with Crippen molar-refractivity contribution >= 4 is 23.2 Å². The molecule has 25 heavy (non-hydrogen) atoms. The Morgan fingerprint density at radius 3 is 2.68 bits per heavy atom. The highest BCUT2D eigenvalue weighted by Gasteiger charge is 2.11. The number of carbonyl (C=O) groups is 1. The van der Waals surface area contributed by atoms with Gasteiger partial charge in [0.2, 0.25) is 0 Å². The number of halogens is 2. The summed E-state index contributed by atoms with van der Waals surface area (Å²) in [5, 5.41) is 2.77. The Balaban J connectivity index is 1.62. The van der Waals surface area contributed by atoms with Crippen LogP contribution in [0.5, 0.6) is 5.75 Å². The van der Waals surface area contributed by atoms with Crippen LogP contribution in [0.4, 0.5) is 10.1 Å². The standard InChI is InChI=1S/C18H15ClFN3O2/c1-23-9-8-21-17(23)11-25-14-5-3-13(4-6-14)22-18(24)15-7-2-12(20)10-16(15)19/h2-10H,11H2,1H3,(H,22,24). The number of amides is 1. The van der Waals surface area contributed by atoms with Crippen LogP contribution < -0.4 is 10.1 Å². The van der Waals surface area contributed by atoms with Crippen molar-refractivity contribution in [3.63, 3.8) is 0 Å². The average Bonchev–Trinajstić information content (AvgIpc) is 2.99. The minimum atomic E-state index is -0.490. The van der Waals surface area contributed by atoms with Gasteiger partial charge in [-0.2, -0.15) is 0 Å². The summed E-state index contributed by atoms with van der Waals surface area (Å²) in [7, 11) is 1.89. The van der Waals surface area contributed by atoms with Crippen molar-refractivity contribution in [2.75, 3.05) is 5.32 Å². The van der Waals surface area contributed by atoms with Crippen LogP contribution in [0.25, 0.3) is 0 Å². The topological polar surface area (TPSA) is 56.1 Å². The molecule has 7 heteroatoms. The lowest BCUT2D eigenvalue weighted by Crippen LogP contribution is -2.12. The van der Waals surface area contributed by atoms with Crippen LogP contribution in [0.15, 0.2) is 54.9 Å². The molecular weight excluding hydrogens is 345 g/mol. The predicted octanol–water partition coefficient (Wildman–Crippen LogP) is 4.04. The minimum absolute atomic E-state index is 0.0625. The maximum absolute atomic E-state index is 13.0. The van der Waals surface area contributed by atoms with E-state index in [4.69, 9.17) is 16.3 Å². The number of hydrogen-bond acceptors (Lipinski definition) is 3. The Hall–Kier alpha value is -2.86. The van der Waals surface area contributed by atoms with E-state index in [9.17, 15) is 9.18 Å². The molecule has 1 aromatic heterocycles. The van der Waals surface area contributed by atoms with Crippen LogP contribution in [-0.2, 0) is 13.7 Å². The van der Waals surface area contributed by atoms with Crippen molar-refractivity contribution in [2.45, 2.75) is 6.61 Å². The van der Waals surface area contributed by atoms with Crippen molar-refractivity contribution in [3.8, 4) is 5.75 Å². The summed E-state index contributed by atoms with van der Waals surface area (Å²) in [5.74, 6) is 0.562. The number of carbonyl (C=O) groups excluding carboxylic acids is 1. The fourth-order valence-corrected chi connectivity index (χ4v) is 2.44. The van der Waals surface area contributed by atoms with Gasteiger partial charge in [0.25, 0.3) is 5.91 Å². The Morgan fingerprint density at radius 2 is 2.04 bits per heavy atom. The van der Waals surface area contributed by atoms with Gasteiger partial charge in [0.1, 0.15) is 24.0 Å². The molecule has 1 N–H and O–H groups in total. The van der Waals surface area contributed by atoms with Gasteiger partial charge < -0.3 is 14.6 Å². The number of ether oxygens (including phenoxy) is 1. The highest BCUT2D eigenvalue weighted by molar-refractivity contribution is 6.34. The molecule has 2 aromatic carbocycles. The lowest BCUT2D eigenvalue weighted by Gasteiger charge is -2.09. The molecule has 1 amide bonds. The zero-order chi connectivity index (χ0) is 17.8. The summed E-state index contributed by atoms with van der Waals surface area (Å²) in [5.41, 5.74) is 0.785. The molecule has 0 fully saturated rings. The van der Waals surface area contributed by atoms with Gasteiger partial charge in [0.05, 0.1) is 10.6 Å². The summed E-state index contributed by atoms with van der Waals surface area (Å²) < 4.78 is 20.6. The number of nitrogens with one attached hydrogen (secondary N) is 1. The van der Waals surface area contributed by atoms with E-state index in [1.807, 2.05) is 17.8 Å². The van der Waals surface area contributed by atoms with Gasteiger partial charge in [0.15, 0.2) is 0 Å². The molecule has 0 unspecified atom stereocenters. The molecule has 0 bridgehead atoms. The largest absolute Gasteiger partial charge is 0.486 e. The van der Waals surface area contributed by atoms with Crippen molar-refractivity contribution in [2.24, 2.45) is 7.05 Å². The molecule has 0 aliphatic heterocycles. The molecule has 128 valence electrons. The Kier molecular flexibility index (Phi) is 5.00. The fourth-order valence-electron chi connectivity index (χ4n) is 2.19. The third-order valence-electron chi connectivity index (χ3n) is 3.58. The van der Waals surface area contributed by atoms with Gasteiger partial charge in [-0.05, 0) is 42.5 Å². The SMILES string of the molecule is Cn1ccnc1COc1ccc(NC(=O)c2ccc(F)cc2Cl)cc1. The normalized spacial score (nSPS) is 10.5. The van der Waals surface area contributed by atoms with Crippen LogP contribution in [0, 0.1) is 5.82 Å². The first kappa shape index (κ1) is 17.0. The first-order valence-corrected chi connectivity index (χ1v) is 7.86. The second-order valence-electron chi connectivity index (χ2n) is 5.35. The number of imidazole rings is 1. The van der Waals surface area contributed by atoms with Gasteiger partial charge >= 0.3 is 0 Å².